The normalized spacial score (nSPS) is 19.1. The largest absolute Gasteiger partial charge is 0.530 e. The van der Waals surface area contributed by atoms with Gasteiger partial charge in [-0.1, -0.05) is 136 Å². The predicted molar refractivity (Wildman–Crippen MR) is 196 cm³/mol. The molecule has 1 heterocycles. The molecular weight excluding hydrogens is 595 g/mol. The van der Waals surface area contributed by atoms with Crippen LogP contribution in [-0.4, -0.2) is 0 Å². The summed E-state index contributed by atoms with van der Waals surface area (Å²) in [4.78, 5) is 0. The highest BCUT2D eigenvalue weighted by atomic mass is 31.2. The summed E-state index contributed by atoms with van der Waals surface area (Å²) in [5, 5.41) is 4.47. The molecule has 0 saturated heterocycles. The summed E-state index contributed by atoms with van der Waals surface area (Å²) < 4.78 is 21.6. The van der Waals surface area contributed by atoms with Crippen molar-refractivity contribution in [3.63, 3.8) is 0 Å². The molecular formula is C43H47O3P. The molecule has 47 heavy (non-hydrogen) atoms. The summed E-state index contributed by atoms with van der Waals surface area (Å²) >= 11 is 0. The van der Waals surface area contributed by atoms with Gasteiger partial charge in [-0.25, -0.2) is 0 Å². The van der Waals surface area contributed by atoms with E-state index >= 15 is 0 Å². The number of hydrogen-bond acceptors (Lipinski definition) is 3. The predicted octanol–water partition coefficient (Wildman–Crippen LogP) is 12.7. The van der Waals surface area contributed by atoms with E-state index in [1.807, 2.05) is 0 Å². The highest BCUT2D eigenvalue weighted by Crippen LogP contribution is 2.56. The molecule has 3 aliphatic rings. The SMILES string of the molecule is Cc1cc2c(c(C3(C)CCCCC3)c1)OP(Oc1c3ccccc3cc3ccccc13)Oc1c(cc(C)cc1C1(C)CCCCC1)C2. The van der Waals surface area contributed by atoms with Gasteiger partial charge in [0.2, 0.25) is 0 Å². The van der Waals surface area contributed by atoms with E-state index in [9.17, 15) is 0 Å². The van der Waals surface area contributed by atoms with E-state index in [4.69, 9.17) is 13.6 Å². The van der Waals surface area contributed by atoms with Crippen molar-refractivity contribution in [1.82, 2.24) is 0 Å². The van der Waals surface area contributed by atoms with Crippen molar-refractivity contribution in [2.45, 2.75) is 109 Å². The van der Waals surface area contributed by atoms with Crippen LogP contribution in [0.25, 0.3) is 21.5 Å². The molecule has 0 amide bonds. The van der Waals surface area contributed by atoms with Gasteiger partial charge in [0.25, 0.3) is 0 Å². The molecule has 5 aromatic carbocycles. The van der Waals surface area contributed by atoms with Crippen LogP contribution in [0, 0.1) is 13.8 Å². The van der Waals surface area contributed by atoms with Crippen LogP contribution < -0.4 is 13.6 Å². The zero-order chi connectivity index (χ0) is 32.2. The van der Waals surface area contributed by atoms with Gasteiger partial charge in [0.15, 0.2) is 0 Å². The van der Waals surface area contributed by atoms with Crippen LogP contribution in [0.2, 0.25) is 0 Å². The summed E-state index contributed by atoms with van der Waals surface area (Å²) in [6, 6.07) is 28.8. The quantitative estimate of drug-likeness (QED) is 0.144. The maximum Gasteiger partial charge on any atom is 0.530 e. The van der Waals surface area contributed by atoms with Crippen molar-refractivity contribution in [2.24, 2.45) is 0 Å². The number of aryl methyl sites for hydroxylation is 2. The zero-order valence-electron chi connectivity index (χ0n) is 28.5. The van der Waals surface area contributed by atoms with E-state index in [2.05, 4.69) is 107 Å². The molecule has 0 bridgehead atoms. The second kappa shape index (κ2) is 12.2. The van der Waals surface area contributed by atoms with E-state index < -0.39 is 8.60 Å². The molecule has 8 rings (SSSR count). The Morgan fingerprint density at radius 1 is 0.574 bits per heavy atom. The lowest BCUT2D eigenvalue weighted by Gasteiger charge is -2.39. The minimum atomic E-state index is -1.85. The molecule has 0 atom stereocenters. The maximum absolute atomic E-state index is 7.23. The Bertz CT molecular complexity index is 1830. The number of rotatable bonds is 4. The fourth-order valence-electron chi connectivity index (χ4n) is 8.83. The van der Waals surface area contributed by atoms with Crippen LogP contribution >= 0.6 is 8.60 Å². The Hall–Kier alpha value is -3.55. The summed E-state index contributed by atoms with van der Waals surface area (Å²) in [5.41, 5.74) is 7.88. The summed E-state index contributed by atoms with van der Waals surface area (Å²) in [6.07, 6.45) is 13.2. The number of hydrogen-bond donors (Lipinski definition) is 0. The minimum Gasteiger partial charge on any atom is -0.408 e. The van der Waals surface area contributed by atoms with Crippen molar-refractivity contribution in [3.8, 4) is 17.2 Å². The molecule has 0 N–H and O–H groups in total. The Kier molecular flexibility index (Phi) is 7.96. The van der Waals surface area contributed by atoms with Crippen LogP contribution in [0.4, 0.5) is 0 Å². The van der Waals surface area contributed by atoms with Gasteiger partial charge in [-0.3, -0.25) is 0 Å². The second-order valence-electron chi connectivity index (χ2n) is 15.2. The van der Waals surface area contributed by atoms with Gasteiger partial charge in [0.1, 0.15) is 17.2 Å². The summed E-state index contributed by atoms with van der Waals surface area (Å²) in [6.45, 7) is 9.40. The minimum absolute atomic E-state index is 0.0663. The highest BCUT2D eigenvalue weighted by Gasteiger charge is 2.39. The number of fused-ring (bicyclic) bond motifs is 4. The Morgan fingerprint density at radius 2 is 1.02 bits per heavy atom. The molecule has 242 valence electrons. The average Bonchev–Trinajstić information content (AvgIpc) is 3.06. The van der Waals surface area contributed by atoms with Gasteiger partial charge >= 0.3 is 8.60 Å². The molecule has 2 fully saturated rings. The topological polar surface area (TPSA) is 27.7 Å². The van der Waals surface area contributed by atoms with Gasteiger partial charge in [-0.05, 0) is 78.3 Å². The average molecular weight is 643 g/mol. The third kappa shape index (κ3) is 5.69. The van der Waals surface area contributed by atoms with Crippen molar-refractivity contribution in [3.05, 3.63) is 112 Å². The molecule has 0 radical (unpaired) electrons. The molecule has 0 spiro atoms. The second-order valence-corrected chi connectivity index (χ2v) is 16.2. The third-order valence-electron chi connectivity index (χ3n) is 11.4. The smallest absolute Gasteiger partial charge is 0.408 e. The van der Waals surface area contributed by atoms with E-state index in [1.165, 1.54) is 97.6 Å². The maximum atomic E-state index is 7.23. The first-order chi connectivity index (χ1) is 22.8. The molecule has 0 unspecified atom stereocenters. The van der Waals surface area contributed by atoms with E-state index in [-0.39, 0.29) is 10.8 Å². The van der Waals surface area contributed by atoms with Crippen LogP contribution in [0.5, 0.6) is 17.2 Å². The molecule has 5 aromatic rings. The lowest BCUT2D eigenvalue weighted by Crippen LogP contribution is -2.28. The van der Waals surface area contributed by atoms with Crippen LogP contribution in [-0.2, 0) is 17.3 Å². The van der Waals surface area contributed by atoms with Crippen LogP contribution in [0.15, 0.2) is 78.9 Å². The fourth-order valence-corrected chi connectivity index (χ4v) is 10.0. The van der Waals surface area contributed by atoms with Gasteiger partial charge in [-0.15, -0.1) is 0 Å². The Balaban J connectivity index is 1.34. The molecule has 2 aliphatic carbocycles. The Morgan fingerprint density at radius 3 is 1.49 bits per heavy atom. The molecule has 0 aromatic heterocycles. The molecule has 1 aliphatic heterocycles. The van der Waals surface area contributed by atoms with Crippen molar-refractivity contribution >= 4 is 30.1 Å². The van der Waals surface area contributed by atoms with Crippen molar-refractivity contribution < 1.29 is 13.6 Å². The van der Waals surface area contributed by atoms with E-state index in [0.29, 0.717) is 0 Å². The van der Waals surface area contributed by atoms with Crippen molar-refractivity contribution in [2.75, 3.05) is 0 Å². The van der Waals surface area contributed by atoms with Gasteiger partial charge in [-0.2, -0.15) is 0 Å². The Labute approximate surface area is 281 Å². The zero-order valence-corrected chi connectivity index (χ0v) is 29.4. The lowest BCUT2D eigenvalue weighted by molar-refractivity contribution is 0.302. The molecule has 3 nitrogen and oxygen atoms in total. The fraction of sp³-hybridized carbons (Fsp3) is 0.395. The van der Waals surface area contributed by atoms with Crippen molar-refractivity contribution in [1.29, 1.82) is 0 Å². The van der Waals surface area contributed by atoms with E-state index in [0.717, 1.165) is 45.2 Å². The molecule has 2 saturated carbocycles. The highest BCUT2D eigenvalue weighted by molar-refractivity contribution is 7.43. The first-order valence-corrected chi connectivity index (χ1v) is 18.9. The monoisotopic (exact) mass is 642 g/mol. The third-order valence-corrected chi connectivity index (χ3v) is 12.4. The van der Waals surface area contributed by atoms with E-state index in [1.54, 1.807) is 0 Å². The van der Waals surface area contributed by atoms with Gasteiger partial charge in [0.05, 0.1) is 0 Å². The summed E-state index contributed by atoms with van der Waals surface area (Å²) in [7, 11) is -1.85. The number of benzene rings is 5. The summed E-state index contributed by atoms with van der Waals surface area (Å²) in [5.74, 6) is 2.80. The van der Waals surface area contributed by atoms with Gasteiger partial charge < -0.3 is 13.6 Å². The first kappa shape index (κ1) is 30.8. The standard InChI is InChI=1S/C43H47O3P/c1-29-23-33-28-34-24-30(2)26-38(43(4)21-13-6-14-22-43)40(34)45-47(44-39(33)37(25-29)42(3)19-11-5-12-20-42)46-41-35-17-9-7-15-31(35)27-32-16-8-10-18-36(32)41/h7-10,15-18,23-27H,5-6,11-14,19-22,28H2,1-4H3. The van der Waals surface area contributed by atoms with Gasteiger partial charge in [0, 0.05) is 28.3 Å². The lowest BCUT2D eigenvalue weighted by atomic mass is 9.69. The van der Waals surface area contributed by atoms with Crippen LogP contribution in [0.1, 0.15) is 111 Å². The first-order valence-electron chi connectivity index (χ1n) is 17.8. The van der Waals surface area contributed by atoms with Crippen LogP contribution in [0.3, 0.4) is 0 Å². The molecule has 4 heteroatoms.